The maximum atomic E-state index is 11.1. The Hall–Kier alpha value is -1.31. The average molecular weight is 219 g/mol. The van der Waals surface area contributed by atoms with E-state index in [1.807, 2.05) is 6.07 Å². The number of hydrogen-bond acceptors (Lipinski definition) is 1. The van der Waals surface area contributed by atoms with Gasteiger partial charge in [0.15, 0.2) is 0 Å². The van der Waals surface area contributed by atoms with E-state index in [1.54, 1.807) is 6.92 Å². The van der Waals surface area contributed by atoms with Gasteiger partial charge in [-0.1, -0.05) is 39.8 Å². The molecule has 1 aromatic carbocycles. The highest BCUT2D eigenvalue weighted by molar-refractivity contribution is 5.89. The summed E-state index contributed by atoms with van der Waals surface area (Å²) in [4.78, 5) is 11.1. The number of nitrogens with one attached hydrogen (secondary N) is 1. The highest BCUT2D eigenvalue weighted by atomic mass is 16.1. The first-order chi connectivity index (χ1) is 7.41. The van der Waals surface area contributed by atoms with Crippen molar-refractivity contribution in [3.05, 3.63) is 29.3 Å². The lowest BCUT2D eigenvalue weighted by Crippen LogP contribution is -2.09. The fraction of sp³-hybridized carbons (Fsp3) is 0.500. The summed E-state index contributed by atoms with van der Waals surface area (Å²) in [5.74, 6) is 0.920. The number of amides is 1. The third-order valence-electron chi connectivity index (χ3n) is 2.67. The van der Waals surface area contributed by atoms with Crippen LogP contribution in [0, 0.1) is 0 Å². The molecule has 1 aromatic rings. The lowest BCUT2D eigenvalue weighted by atomic mass is 9.94. The van der Waals surface area contributed by atoms with E-state index in [9.17, 15) is 4.79 Å². The topological polar surface area (TPSA) is 29.1 Å². The van der Waals surface area contributed by atoms with Crippen molar-refractivity contribution in [1.82, 2.24) is 0 Å². The van der Waals surface area contributed by atoms with Crippen molar-refractivity contribution in [2.45, 2.75) is 46.5 Å². The van der Waals surface area contributed by atoms with Crippen LogP contribution in [0.1, 0.15) is 57.6 Å². The van der Waals surface area contributed by atoms with Gasteiger partial charge >= 0.3 is 0 Å². The first kappa shape index (κ1) is 12.8. The highest BCUT2D eigenvalue weighted by Gasteiger charge is 2.10. The van der Waals surface area contributed by atoms with Crippen LogP contribution in [0.5, 0.6) is 0 Å². The molecule has 0 aliphatic rings. The maximum Gasteiger partial charge on any atom is 0.221 e. The van der Waals surface area contributed by atoms with Gasteiger partial charge in [-0.3, -0.25) is 4.79 Å². The Bertz CT molecular complexity index is 380. The molecule has 0 atom stereocenters. The number of anilines is 1. The Morgan fingerprint density at radius 2 is 1.75 bits per heavy atom. The third kappa shape index (κ3) is 3.09. The fourth-order valence-corrected chi connectivity index (χ4v) is 1.72. The molecule has 0 saturated heterocycles. The molecular weight excluding hydrogens is 198 g/mol. The highest BCUT2D eigenvalue weighted by Crippen LogP contribution is 2.28. The summed E-state index contributed by atoms with van der Waals surface area (Å²) < 4.78 is 0. The zero-order chi connectivity index (χ0) is 12.3. The Morgan fingerprint density at radius 3 is 2.19 bits per heavy atom. The monoisotopic (exact) mass is 219 g/mol. The molecule has 2 heteroatoms. The van der Waals surface area contributed by atoms with Gasteiger partial charge in [0.25, 0.3) is 0 Å². The summed E-state index contributed by atoms with van der Waals surface area (Å²) in [6, 6.07) is 6.29. The van der Waals surface area contributed by atoms with Crippen LogP contribution in [0.15, 0.2) is 18.2 Å². The largest absolute Gasteiger partial charge is 0.326 e. The fourth-order valence-electron chi connectivity index (χ4n) is 1.72. The molecule has 0 fully saturated rings. The minimum absolute atomic E-state index is 0.0146. The van der Waals surface area contributed by atoms with E-state index in [0.29, 0.717) is 11.8 Å². The van der Waals surface area contributed by atoms with Gasteiger partial charge in [0.05, 0.1) is 0 Å². The van der Waals surface area contributed by atoms with Gasteiger partial charge in [-0.15, -0.1) is 0 Å². The molecule has 0 saturated carbocycles. The number of benzene rings is 1. The van der Waals surface area contributed by atoms with Crippen LogP contribution in [0.25, 0.3) is 0 Å². The lowest BCUT2D eigenvalue weighted by molar-refractivity contribution is -0.114. The minimum Gasteiger partial charge on any atom is -0.326 e. The molecule has 0 aliphatic heterocycles. The standard InChI is InChI=1S/C14H21NO/c1-9(2)12-6-7-14(15-11(5)16)13(8-12)10(3)4/h6-10H,1-5H3,(H,15,16). The van der Waals surface area contributed by atoms with E-state index in [1.165, 1.54) is 11.1 Å². The average Bonchev–Trinajstić information content (AvgIpc) is 2.16. The van der Waals surface area contributed by atoms with Crippen molar-refractivity contribution in [3.8, 4) is 0 Å². The Morgan fingerprint density at radius 1 is 1.12 bits per heavy atom. The molecule has 1 rings (SSSR count). The van der Waals surface area contributed by atoms with Crippen LogP contribution < -0.4 is 5.32 Å². The second kappa shape index (κ2) is 5.15. The van der Waals surface area contributed by atoms with E-state index in [-0.39, 0.29) is 5.91 Å². The minimum atomic E-state index is -0.0146. The normalized spacial score (nSPS) is 10.9. The molecule has 0 radical (unpaired) electrons. The van der Waals surface area contributed by atoms with Gasteiger partial charge in [0, 0.05) is 12.6 Å². The molecule has 1 amide bonds. The second-order valence-corrected chi connectivity index (χ2v) is 4.84. The lowest BCUT2D eigenvalue weighted by Gasteiger charge is -2.16. The van der Waals surface area contributed by atoms with Crippen molar-refractivity contribution < 1.29 is 4.79 Å². The molecule has 1 N–H and O–H groups in total. The molecule has 0 unspecified atom stereocenters. The smallest absolute Gasteiger partial charge is 0.221 e. The van der Waals surface area contributed by atoms with E-state index < -0.39 is 0 Å². The van der Waals surface area contributed by atoms with Crippen molar-refractivity contribution in [3.63, 3.8) is 0 Å². The van der Waals surface area contributed by atoms with Gasteiger partial charge in [0.1, 0.15) is 0 Å². The van der Waals surface area contributed by atoms with Crippen LogP contribution >= 0.6 is 0 Å². The SMILES string of the molecule is CC(=O)Nc1ccc(C(C)C)cc1C(C)C. The molecule has 0 spiro atoms. The van der Waals surface area contributed by atoms with E-state index in [0.717, 1.165) is 5.69 Å². The van der Waals surface area contributed by atoms with Gasteiger partial charge in [-0.05, 0) is 29.0 Å². The number of carbonyl (C=O) groups is 1. The number of hydrogen-bond donors (Lipinski definition) is 1. The predicted molar refractivity (Wildman–Crippen MR) is 68.9 cm³/mol. The van der Waals surface area contributed by atoms with Gasteiger partial charge in [-0.2, -0.15) is 0 Å². The summed E-state index contributed by atoms with van der Waals surface area (Å²) in [6.45, 7) is 10.2. The second-order valence-electron chi connectivity index (χ2n) is 4.84. The van der Waals surface area contributed by atoms with Gasteiger partial charge < -0.3 is 5.32 Å². The molecule has 0 aromatic heterocycles. The Balaban J connectivity index is 3.14. The molecule has 0 aliphatic carbocycles. The van der Waals surface area contributed by atoms with E-state index in [2.05, 4.69) is 45.1 Å². The van der Waals surface area contributed by atoms with Crippen molar-refractivity contribution in [2.75, 3.05) is 5.32 Å². The first-order valence-corrected chi connectivity index (χ1v) is 5.83. The molecular formula is C14H21NO. The third-order valence-corrected chi connectivity index (χ3v) is 2.67. The van der Waals surface area contributed by atoms with E-state index in [4.69, 9.17) is 0 Å². The zero-order valence-electron chi connectivity index (χ0n) is 10.8. The van der Waals surface area contributed by atoms with Crippen LogP contribution in [-0.4, -0.2) is 5.91 Å². The predicted octanol–water partition coefficient (Wildman–Crippen LogP) is 3.89. The van der Waals surface area contributed by atoms with Crippen LogP contribution in [0.3, 0.4) is 0 Å². The van der Waals surface area contributed by atoms with E-state index >= 15 is 0 Å². The summed E-state index contributed by atoms with van der Waals surface area (Å²) in [5.41, 5.74) is 3.46. The van der Waals surface area contributed by atoms with Crippen LogP contribution in [-0.2, 0) is 4.79 Å². The van der Waals surface area contributed by atoms with Crippen molar-refractivity contribution in [1.29, 1.82) is 0 Å². The number of rotatable bonds is 3. The molecule has 0 heterocycles. The molecule has 0 bridgehead atoms. The molecule has 16 heavy (non-hydrogen) atoms. The van der Waals surface area contributed by atoms with Gasteiger partial charge in [-0.25, -0.2) is 0 Å². The van der Waals surface area contributed by atoms with Gasteiger partial charge in [0.2, 0.25) is 5.91 Å². The summed E-state index contributed by atoms with van der Waals surface area (Å²) in [5, 5.41) is 2.88. The first-order valence-electron chi connectivity index (χ1n) is 5.83. The summed E-state index contributed by atoms with van der Waals surface area (Å²) in [7, 11) is 0. The summed E-state index contributed by atoms with van der Waals surface area (Å²) in [6.07, 6.45) is 0. The Kier molecular flexibility index (Phi) is 4.11. The Labute approximate surface area is 98.1 Å². The van der Waals surface area contributed by atoms with Crippen molar-refractivity contribution >= 4 is 11.6 Å². The van der Waals surface area contributed by atoms with Crippen molar-refractivity contribution in [2.24, 2.45) is 0 Å². The molecule has 88 valence electrons. The maximum absolute atomic E-state index is 11.1. The zero-order valence-corrected chi connectivity index (χ0v) is 10.8. The van der Waals surface area contributed by atoms with Crippen LogP contribution in [0.4, 0.5) is 5.69 Å². The quantitative estimate of drug-likeness (QED) is 0.821. The number of carbonyl (C=O) groups excluding carboxylic acids is 1. The van der Waals surface area contributed by atoms with Crippen LogP contribution in [0.2, 0.25) is 0 Å². The summed E-state index contributed by atoms with van der Waals surface area (Å²) >= 11 is 0. The molecule has 2 nitrogen and oxygen atoms in total.